The zero-order chi connectivity index (χ0) is 14.7. The molecule has 5 nitrogen and oxygen atoms in total. The Morgan fingerprint density at radius 1 is 1.43 bits per heavy atom. The monoisotopic (exact) mass is 286 g/mol. The van der Waals surface area contributed by atoms with Gasteiger partial charge in [-0.15, -0.1) is 0 Å². The number of pyridine rings is 1. The van der Waals surface area contributed by atoms with Crippen LogP contribution < -0.4 is 5.32 Å². The highest BCUT2D eigenvalue weighted by Gasteiger charge is 2.16. The maximum atomic E-state index is 11.4. The molecule has 3 rings (SSSR count). The number of fused-ring (bicyclic) bond motifs is 1. The molecular weight excluding hydrogens is 268 g/mol. The Morgan fingerprint density at radius 3 is 3.05 bits per heavy atom. The lowest BCUT2D eigenvalue weighted by Crippen LogP contribution is -2.13. The molecule has 1 atom stereocenters. The van der Waals surface area contributed by atoms with E-state index in [1.165, 1.54) is 0 Å². The van der Waals surface area contributed by atoms with E-state index in [1.807, 2.05) is 24.3 Å². The molecule has 1 aromatic heterocycles. The summed E-state index contributed by atoms with van der Waals surface area (Å²) in [5.74, 6) is 0.0475. The second-order valence-electron chi connectivity index (χ2n) is 5.33. The predicted octanol–water partition coefficient (Wildman–Crippen LogP) is 2.77. The second-order valence-corrected chi connectivity index (χ2v) is 5.33. The van der Waals surface area contributed by atoms with Gasteiger partial charge in [-0.3, -0.25) is 0 Å². The van der Waals surface area contributed by atoms with Gasteiger partial charge in [0, 0.05) is 25.1 Å². The quantitative estimate of drug-likeness (QED) is 0.884. The first-order valence-electron chi connectivity index (χ1n) is 7.19. The number of ether oxygens (including phenoxy) is 1. The van der Waals surface area contributed by atoms with Gasteiger partial charge in [0.25, 0.3) is 0 Å². The zero-order valence-corrected chi connectivity index (χ0v) is 11.7. The molecule has 1 unspecified atom stereocenters. The molecule has 0 aliphatic carbocycles. The van der Waals surface area contributed by atoms with Crippen molar-refractivity contribution in [1.29, 1.82) is 0 Å². The summed E-state index contributed by atoms with van der Waals surface area (Å²) < 4.78 is 5.34. The minimum absolute atomic E-state index is 0.219. The van der Waals surface area contributed by atoms with Crippen LogP contribution in [0.25, 0.3) is 10.9 Å². The van der Waals surface area contributed by atoms with E-state index in [4.69, 9.17) is 4.74 Å². The molecule has 0 bridgehead atoms. The van der Waals surface area contributed by atoms with Gasteiger partial charge in [0.05, 0.1) is 5.52 Å². The number of nitrogens with zero attached hydrogens (tertiary/aromatic N) is 1. The van der Waals surface area contributed by atoms with Crippen LogP contribution in [0.1, 0.15) is 23.2 Å². The van der Waals surface area contributed by atoms with E-state index in [0.29, 0.717) is 18.3 Å². The van der Waals surface area contributed by atoms with Gasteiger partial charge in [-0.1, -0.05) is 18.2 Å². The van der Waals surface area contributed by atoms with Crippen molar-refractivity contribution >= 4 is 22.7 Å². The summed E-state index contributed by atoms with van der Waals surface area (Å²) in [7, 11) is 0. The number of benzene rings is 1. The fraction of sp³-hybridized carbons (Fsp3) is 0.375. The zero-order valence-electron chi connectivity index (χ0n) is 11.7. The molecule has 21 heavy (non-hydrogen) atoms. The van der Waals surface area contributed by atoms with E-state index >= 15 is 0 Å². The average Bonchev–Trinajstić information content (AvgIpc) is 2.99. The van der Waals surface area contributed by atoms with Gasteiger partial charge >= 0.3 is 5.97 Å². The van der Waals surface area contributed by atoms with Gasteiger partial charge in [0.2, 0.25) is 0 Å². The van der Waals surface area contributed by atoms with Crippen LogP contribution in [-0.2, 0) is 4.74 Å². The Morgan fingerprint density at radius 2 is 2.29 bits per heavy atom. The smallest absolute Gasteiger partial charge is 0.339 e. The van der Waals surface area contributed by atoms with Gasteiger partial charge in [0.1, 0.15) is 11.4 Å². The number of carboxylic acids is 1. The molecule has 2 N–H and O–H groups in total. The number of anilines is 1. The number of para-hydroxylation sites is 1. The highest BCUT2D eigenvalue weighted by molar-refractivity contribution is 5.98. The van der Waals surface area contributed by atoms with Crippen LogP contribution in [0.5, 0.6) is 0 Å². The van der Waals surface area contributed by atoms with Crippen LogP contribution in [0.3, 0.4) is 0 Å². The topological polar surface area (TPSA) is 71.5 Å². The highest BCUT2D eigenvalue weighted by atomic mass is 16.5. The van der Waals surface area contributed by atoms with Crippen LogP contribution in [0.4, 0.5) is 5.82 Å². The molecular formula is C16H18N2O3. The van der Waals surface area contributed by atoms with Crippen molar-refractivity contribution in [2.75, 3.05) is 25.1 Å². The molecule has 1 saturated heterocycles. The van der Waals surface area contributed by atoms with Gasteiger partial charge in [-0.25, -0.2) is 9.78 Å². The van der Waals surface area contributed by atoms with E-state index in [1.54, 1.807) is 6.07 Å². The fourth-order valence-corrected chi connectivity index (χ4v) is 2.62. The molecule has 0 radical (unpaired) electrons. The number of carboxylic acid groups (broad SMARTS) is 1. The summed E-state index contributed by atoms with van der Waals surface area (Å²) in [6.45, 7) is 2.34. The van der Waals surface area contributed by atoms with Crippen molar-refractivity contribution in [3.63, 3.8) is 0 Å². The van der Waals surface area contributed by atoms with Crippen LogP contribution >= 0.6 is 0 Å². The first kappa shape index (κ1) is 13.8. The Bertz CT molecular complexity index is 651. The lowest BCUT2D eigenvalue weighted by molar-refractivity contribution is 0.0697. The van der Waals surface area contributed by atoms with Crippen molar-refractivity contribution in [3.05, 3.63) is 35.9 Å². The molecule has 110 valence electrons. The highest BCUT2D eigenvalue weighted by Crippen LogP contribution is 2.21. The third kappa shape index (κ3) is 3.13. The molecule has 5 heteroatoms. The van der Waals surface area contributed by atoms with E-state index < -0.39 is 5.97 Å². The number of nitrogens with one attached hydrogen (secondary N) is 1. The Hall–Kier alpha value is -2.14. The minimum Gasteiger partial charge on any atom is -0.478 e. The lowest BCUT2D eigenvalue weighted by atomic mass is 10.1. The number of hydrogen-bond acceptors (Lipinski definition) is 4. The Balaban J connectivity index is 1.78. The average molecular weight is 286 g/mol. The molecule has 0 amide bonds. The summed E-state index contributed by atoms with van der Waals surface area (Å²) in [5, 5.41) is 13.3. The molecule has 1 aromatic carbocycles. The summed E-state index contributed by atoms with van der Waals surface area (Å²) in [5.41, 5.74) is 1.02. The third-order valence-corrected chi connectivity index (χ3v) is 3.82. The maximum Gasteiger partial charge on any atom is 0.339 e. The molecule has 0 saturated carbocycles. The predicted molar refractivity (Wildman–Crippen MR) is 80.7 cm³/mol. The second kappa shape index (κ2) is 6.10. The van der Waals surface area contributed by atoms with Crippen LogP contribution in [0.15, 0.2) is 30.3 Å². The summed E-state index contributed by atoms with van der Waals surface area (Å²) in [6, 6.07) is 9.20. The van der Waals surface area contributed by atoms with Crippen molar-refractivity contribution in [3.8, 4) is 0 Å². The van der Waals surface area contributed by atoms with Crippen molar-refractivity contribution in [2.24, 2.45) is 5.92 Å². The van der Waals surface area contributed by atoms with E-state index in [0.717, 1.165) is 37.0 Å². The van der Waals surface area contributed by atoms with Crippen LogP contribution in [0, 0.1) is 5.92 Å². The van der Waals surface area contributed by atoms with E-state index in [2.05, 4.69) is 10.3 Å². The fourth-order valence-electron chi connectivity index (χ4n) is 2.62. The van der Waals surface area contributed by atoms with Gasteiger partial charge in [-0.2, -0.15) is 0 Å². The Kier molecular flexibility index (Phi) is 4.01. The summed E-state index contributed by atoms with van der Waals surface area (Å²) >= 11 is 0. The SMILES string of the molecule is O=C(O)c1cc2ccccc2nc1NCCC1CCOC1. The number of carbonyl (C=O) groups is 1. The molecule has 1 fully saturated rings. The molecule has 0 spiro atoms. The Labute approximate surface area is 123 Å². The van der Waals surface area contributed by atoms with E-state index in [9.17, 15) is 9.90 Å². The molecule has 2 aromatic rings. The minimum atomic E-state index is -0.958. The lowest BCUT2D eigenvalue weighted by Gasteiger charge is -2.12. The molecule has 1 aliphatic rings. The number of rotatable bonds is 5. The third-order valence-electron chi connectivity index (χ3n) is 3.82. The van der Waals surface area contributed by atoms with Crippen LogP contribution in [0.2, 0.25) is 0 Å². The summed E-state index contributed by atoms with van der Waals surface area (Å²) in [4.78, 5) is 15.8. The molecule has 1 aliphatic heterocycles. The van der Waals surface area contributed by atoms with Crippen LogP contribution in [-0.4, -0.2) is 35.8 Å². The van der Waals surface area contributed by atoms with Crippen molar-refractivity contribution < 1.29 is 14.6 Å². The summed E-state index contributed by atoms with van der Waals surface area (Å²) in [6.07, 6.45) is 2.05. The van der Waals surface area contributed by atoms with Gasteiger partial charge in [0.15, 0.2) is 0 Å². The normalized spacial score (nSPS) is 18.0. The van der Waals surface area contributed by atoms with Crippen molar-refractivity contribution in [1.82, 2.24) is 4.98 Å². The first-order chi connectivity index (χ1) is 10.2. The number of aromatic carboxylic acids is 1. The molecule has 2 heterocycles. The number of aromatic nitrogens is 1. The van der Waals surface area contributed by atoms with Crippen molar-refractivity contribution in [2.45, 2.75) is 12.8 Å². The van der Waals surface area contributed by atoms with E-state index in [-0.39, 0.29) is 5.56 Å². The first-order valence-corrected chi connectivity index (χ1v) is 7.19. The van der Waals surface area contributed by atoms with Gasteiger partial charge < -0.3 is 15.2 Å². The van der Waals surface area contributed by atoms with Gasteiger partial charge in [-0.05, 0) is 30.9 Å². The standard InChI is InChI=1S/C16H18N2O3/c19-16(20)13-9-12-3-1-2-4-14(12)18-15(13)17-7-5-11-6-8-21-10-11/h1-4,9,11H,5-8,10H2,(H,17,18)(H,19,20). The number of hydrogen-bond donors (Lipinski definition) is 2. The largest absolute Gasteiger partial charge is 0.478 e. The maximum absolute atomic E-state index is 11.4.